The zero-order chi connectivity index (χ0) is 13.1. The molecule has 5 atom stereocenters. The second-order valence-electron chi connectivity index (χ2n) is 6.50. The molecule has 0 aromatic rings. The molecular formula is C14H19NO4. The van der Waals surface area contributed by atoms with Crippen LogP contribution >= 0.6 is 0 Å². The number of ether oxygens (including phenoxy) is 1. The molecule has 0 spiro atoms. The van der Waals surface area contributed by atoms with Crippen molar-refractivity contribution in [2.75, 3.05) is 19.7 Å². The Morgan fingerprint density at radius 1 is 1.16 bits per heavy atom. The number of morpholine rings is 1. The molecule has 2 bridgehead atoms. The van der Waals surface area contributed by atoms with Gasteiger partial charge in [0.05, 0.1) is 13.2 Å². The summed E-state index contributed by atoms with van der Waals surface area (Å²) in [5.41, 5.74) is 0. The summed E-state index contributed by atoms with van der Waals surface area (Å²) < 4.78 is 5.18. The van der Waals surface area contributed by atoms with Gasteiger partial charge in [-0.15, -0.1) is 0 Å². The highest BCUT2D eigenvalue weighted by atomic mass is 16.5. The molecule has 0 aromatic heterocycles. The minimum atomic E-state index is -0.964. The number of fused-ring (bicyclic) bond motifs is 5. The van der Waals surface area contributed by atoms with Crippen LogP contribution in [-0.4, -0.2) is 47.7 Å². The number of rotatable bonds is 2. The second-order valence-corrected chi connectivity index (χ2v) is 6.50. The molecule has 3 saturated carbocycles. The van der Waals surface area contributed by atoms with Gasteiger partial charge in [-0.05, 0) is 42.9 Å². The van der Waals surface area contributed by atoms with Crippen LogP contribution in [0.5, 0.6) is 0 Å². The van der Waals surface area contributed by atoms with Crippen LogP contribution in [0.15, 0.2) is 0 Å². The highest BCUT2D eigenvalue weighted by molar-refractivity contribution is 5.84. The largest absolute Gasteiger partial charge is 0.479 e. The summed E-state index contributed by atoms with van der Waals surface area (Å²) in [5, 5.41) is 8.98. The molecule has 5 unspecified atom stereocenters. The summed E-state index contributed by atoms with van der Waals surface area (Å²) in [4.78, 5) is 25.2. The number of aliphatic carboxylic acids is 1. The first-order chi connectivity index (χ1) is 9.16. The number of carboxylic acid groups (broad SMARTS) is 1. The molecule has 3 aliphatic carbocycles. The molecule has 1 amide bonds. The molecule has 5 heteroatoms. The first kappa shape index (κ1) is 11.7. The van der Waals surface area contributed by atoms with Crippen LogP contribution in [-0.2, 0) is 14.3 Å². The van der Waals surface area contributed by atoms with E-state index in [1.165, 1.54) is 19.3 Å². The van der Waals surface area contributed by atoms with Gasteiger partial charge in [0.25, 0.3) is 0 Å². The third kappa shape index (κ3) is 1.64. The topological polar surface area (TPSA) is 66.8 Å². The number of nitrogens with zero attached hydrogens (tertiary/aromatic N) is 1. The average molecular weight is 265 g/mol. The van der Waals surface area contributed by atoms with E-state index < -0.39 is 12.1 Å². The lowest BCUT2D eigenvalue weighted by molar-refractivity contribution is -0.160. The predicted octanol–water partition coefficient (Wildman–Crippen LogP) is 0.590. The number of carboxylic acids is 1. The Kier molecular flexibility index (Phi) is 2.43. The van der Waals surface area contributed by atoms with Crippen LogP contribution in [0.2, 0.25) is 0 Å². The van der Waals surface area contributed by atoms with Gasteiger partial charge in [-0.25, -0.2) is 4.79 Å². The Labute approximate surface area is 111 Å². The summed E-state index contributed by atoms with van der Waals surface area (Å²) >= 11 is 0. The lowest BCUT2D eigenvalue weighted by atomic mass is 10.0. The van der Waals surface area contributed by atoms with E-state index in [1.807, 2.05) is 0 Å². The number of hydrogen-bond acceptors (Lipinski definition) is 3. The molecule has 4 fully saturated rings. The van der Waals surface area contributed by atoms with Crippen molar-refractivity contribution >= 4 is 11.9 Å². The maximum absolute atomic E-state index is 12.5. The molecule has 104 valence electrons. The van der Waals surface area contributed by atoms with Gasteiger partial charge in [-0.1, -0.05) is 0 Å². The Bertz CT molecular complexity index is 421. The van der Waals surface area contributed by atoms with Crippen molar-refractivity contribution in [3.05, 3.63) is 0 Å². The zero-order valence-corrected chi connectivity index (χ0v) is 10.8. The molecule has 1 aliphatic heterocycles. The van der Waals surface area contributed by atoms with Crippen LogP contribution in [0, 0.1) is 29.6 Å². The molecule has 1 saturated heterocycles. The van der Waals surface area contributed by atoms with Gasteiger partial charge in [0.15, 0.2) is 6.10 Å². The fourth-order valence-electron chi connectivity index (χ4n) is 4.86. The molecule has 0 radical (unpaired) electrons. The minimum Gasteiger partial charge on any atom is -0.479 e. The van der Waals surface area contributed by atoms with Crippen molar-refractivity contribution in [3.8, 4) is 0 Å². The fraction of sp³-hybridized carbons (Fsp3) is 0.857. The number of amides is 1. The lowest BCUT2D eigenvalue weighted by Crippen LogP contribution is -2.49. The number of hydrogen-bond donors (Lipinski definition) is 1. The van der Waals surface area contributed by atoms with Gasteiger partial charge in [-0.2, -0.15) is 0 Å². The maximum atomic E-state index is 12.5. The minimum absolute atomic E-state index is 0.196. The van der Waals surface area contributed by atoms with E-state index in [-0.39, 0.29) is 18.4 Å². The molecule has 1 N–H and O–H groups in total. The molecule has 1 heterocycles. The van der Waals surface area contributed by atoms with Crippen molar-refractivity contribution in [2.24, 2.45) is 29.6 Å². The van der Waals surface area contributed by atoms with E-state index >= 15 is 0 Å². The predicted molar refractivity (Wildman–Crippen MR) is 65.3 cm³/mol. The fourth-order valence-corrected chi connectivity index (χ4v) is 4.86. The van der Waals surface area contributed by atoms with Crippen LogP contribution in [0.4, 0.5) is 0 Å². The molecular weight excluding hydrogens is 246 g/mol. The van der Waals surface area contributed by atoms with Crippen molar-refractivity contribution < 1.29 is 19.4 Å². The van der Waals surface area contributed by atoms with Crippen LogP contribution in [0.25, 0.3) is 0 Å². The summed E-state index contributed by atoms with van der Waals surface area (Å²) in [7, 11) is 0. The quantitative estimate of drug-likeness (QED) is 0.793. The van der Waals surface area contributed by atoms with Crippen LogP contribution < -0.4 is 0 Å². The van der Waals surface area contributed by atoms with Gasteiger partial charge in [0.1, 0.15) is 0 Å². The summed E-state index contributed by atoms with van der Waals surface area (Å²) in [6.07, 6.45) is 3.10. The number of carbonyl (C=O) groups is 2. The van der Waals surface area contributed by atoms with Gasteiger partial charge in [-0.3, -0.25) is 4.79 Å². The van der Waals surface area contributed by atoms with Gasteiger partial charge in [0.2, 0.25) is 5.91 Å². The Morgan fingerprint density at radius 2 is 1.84 bits per heavy atom. The third-order valence-electron chi connectivity index (χ3n) is 5.67. The highest BCUT2D eigenvalue weighted by Gasteiger charge is 2.68. The van der Waals surface area contributed by atoms with Gasteiger partial charge < -0.3 is 14.7 Å². The Hall–Kier alpha value is -1.10. The van der Waals surface area contributed by atoms with E-state index in [9.17, 15) is 9.59 Å². The van der Waals surface area contributed by atoms with Crippen molar-refractivity contribution in [2.45, 2.75) is 25.4 Å². The molecule has 4 rings (SSSR count). The van der Waals surface area contributed by atoms with Gasteiger partial charge in [0, 0.05) is 12.5 Å². The molecule has 4 aliphatic rings. The molecule has 0 aromatic carbocycles. The highest BCUT2D eigenvalue weighted by Crippen LogP contribution is 2.69. The van der Waals surface area contributed by atoms with E-state index in [0.717, 1.165) is 11.8 Å². The van der Waals surface area contributed by atoms with E-state index in [0.29, 0.717) is 25.0 Å². The normalized spacial score (nSPS) is 47.1. The van der Waals surface area contributed by atoms with E-state index in [1.54, 1.807) is 4.90 Å². The SMILES string of the molecule is O=C(O)C1CN(C(=O)C2C3C4CCC(C4)C23)CCO1. The lowest BCUT2D eigenvalue weighted by Gasteiger charge is -2.31. The maximum Gasteiger partial charge on any atom is 0.334 e. The Balaban J connectivity index is 1.43. The average Bonchev–Trinajstić information content (AvgIpc) is 2.85. The number of carbonyl (C=O) groups excluding carboxylic acids is 1. The second kappa shape index (κ2) is 3.95. The Morgan fingerprint density at radius 3 is 2.47 bits per heavy atom. The van der Waals surface area contributed by atoms with Crippen LogP contribution in [0.3, 0.4) is 0 Å². The van der Waals surface area contributed by atoms with Crippen molar-refractivity contribution in [1.29, 1.82) is 0 Å². The first-order valence-electron chi connectivity index (χ1n) is 7.30. The summed E-state index contributed by atoms with van der Waals surface area (Å²) in [6.45, 7) is 1.12. The van der Waals surface area contributed by atoms with Crippen molar-refractivity contribution in [3.63, 3.8) is 0 Å². The van der Waals surface area contributed by atoms with Crippen molar-refractivity contribution in [1.82, 2.24) is 4.90 Å². The van der Waals surface area contributed by atoms with Gasteiger partial charge >= 0.3 is 5.97 Å². The third-order valence-corrected chi connectivity index (χ3v) is 5.67. The van der Waals surface area contributed by atoms with E-state index in [4.69, 9.17) is 9.84 Å². The standard InChI is InChI=1S/C14H19NO4/c16-13(15-3-4-19-9(6-15)14(17)18)12-10-7-1-2-8(5-7)11(10)12/h7-12H,1-6H2,(H,17,18). The molecule has 5 nitrogen and oxygen atoms in total. The first-order valence-corrected chi connectivity index (χ1v) is 7.30. The van der Waals surface area contributed by atoms with E-state index in [2.05, 4.69) is 0 Å². The summed E-state index contributed by atoms with van der Waals surface area (Å²) in [6, 6.07) is 0. The zero-order valence-electron chi connectivity index (χ0n) is 10.8. The molecule has 19 heavy (non-hydrogen) atoms. The summed E-state index contributed by atoms with van der Waals surface area (Å²) in [5.74, 6) is 2.24. The van der Waals surface area contributed by atoms with Crippen LogP contribution in [0.1, 0.15) is 19.3 Å². The smallest absolute Gasteiger partial charge is 0.334 e. The monoisotopic (exact) mass is 265 g/mol.